The van der Waals surface area contributed by atoms with Gasteiger partial charge in [-0.15, -0.1) is 12.6 Å². The Morgan fingerprint density at radius 1 is 0.943 bits per heavy atom. The van der Waals surface area contributed by atoms with E-state index < -0.39 is 30.0 Å². The number of carboxylic acid groups (broad SMARTS) is 1. The standard InChI is InChI=1S/C26H35N3O4S2/c1-17(2)23(27-16-19-11-7-8-12-22(19)34)25(31)29-21(15-18-9-5-4-6-10-18)24(30)28-20(26(32)33)13-14-35-3/h4-12,17,20-21,23,27,34H,13-16H2,1-3H3,(H,28,30)(H,29,31)(H,32,33)/t20-,21-,23-/m0/s1. The first kappa shape index (κ1) is 28.7. The van der Waals surface area contributed by atoms with Crippen molar-refractivity contribution in [3.05, 3.63) is 65.7 Å². The average Bonchev–Trinajstić information content (AvgIpc) is 2.82. The number of carboxylic acids is 1. The summed E-state index contributed by atoms with van der Waals surface area (Å²) in [4.78, 5) is 38.9. The number of thiol groups is 1. The summed E-state index contributed by atoms with van der Waals surface area (Å²) in [6, 6.07) is 14.5. The molecule has 2 amide bonds. The first-order valence-corrected chi connectivity index (χ1v) is 13.4. The van der Waals surface area contributed by atoms with E-state index in [-0.39, 0.29) is 18.2 Å². The van der Waals surface area contributed by atoms with E-state index in [0.717, 1.165) is 16.0 Å². The Morgan fingerprint density at radius 2 is 1.57 bits per heavy atom. The third-order valence-corrected chi connectivity index (χ3v) is 6.67. The van der Waals surface area contributed by atoms with Crippen molar-refractivity contribution in [3.63, 3.8) is 0 Å². The van der Waals surface area contributed by atoms with Gasteiger partial charge in [0.25, 0.3) is 0 Å². The van der Waals surface area contributed by atoms with Gasteiger partial charge in [0.05, 0.1) is 6.04 Å². The quantitative estimate of drug-likeness (QED) is 0.247. The molecule has 2 rings (SSSR count). The fourth-order valence-corrected chi connectivity index (χ4v) is 4.31. The van der Waals surface area contributed by atoms with E-state index >= 15 is 0 Å². The minimum Gasteiger partial charge on any atom is -0.480 e. The third-order valence-electron chi connectivity index (χ3n) is 5.59. The number of hydrogen-bond acceptors (Lipinski definition) is 6. The first-order chi connectivity index (χ1) is 16.7. The second kappa shape index (κ2) is 14.8. The summed E-state index contributed by atoms with van der Waals surface area (Å²) in [5, 5.41) is 18.3. The summed E-state index contributed by atoms with van der Waals surface area (Å²) in [6.45, 7) is 4.30. The summed E-state index contributed by atoms with van der Waals surface area (Å²) in [5.74, 6) is -1.37. The minimum absolute atomic E-state index is 0.0455. The number of thioether (sulfide) groups is 1. The molecule has 0 saturated heterocycles. The van der Waals surface area contributed by atoms with Gasteiger partial charge in [-0.25, -0.2) is 4.79 Å². The van der Waals surface area contributed by atoms with Crippen molar-refractivity contribution >= 4 is 42.2 Å². The lowest BCUT2D eigenvalue weighted by atomic mass is 10.0. The highest BCUT2D eigenvalue weighted by Gasteiger charge is 2.30. The zero-order chi connectivity index (χ0) is 25.8. The molecule has 190 valence electrons. The van der Waals surface area contributed by atoms with Crippen molar-refractivity contribution < 1.29 is 19.5 Å². The lowest BCUT2D eigenvalue weighted by Gasteiger charge is -2.26. The highest BCUT2D eigenvalue weighted by Crippen LogP contribution is 2.14. The molecule has 2 aromatic carbocycles. The summed E-state index contributed by atoms with van der Waals surface area (Å²) in [5.41, 5.74) is 1.83. The van der Waals surface area contributed by atoms with Crippen LogP contribution in [-0.2, 0) is 27.3 Å². The molecule has 0 radical (unpaired) electrons. The SMILES string of the molecule is CSCC[C@H](NC(=O)[C@H](Cc1ccccc1)NC(=O)[C@@H](NCc1ccccc1S)C(C)C)C(=O)O. The average molecular weight is 518 g/mol. The Kier molecular flexibility index (Phi) is 12.2. The molecule has 0 bridgehead atoms. The molecule has 7 nitrogen and oxygen atoms in total. The predicted octanol–water partition coefficient (Wildman–Crippen LogP) is 3.14. The number of hydrogen-bond donors (Lipinski definition) is 5. The maximum absolute atomic E-state index is 13.3. The van der Waals surface area contributed by atoms with Crippen LogP contribution in [0.2, 0.25) is 0 Å². The Labute approximate surface area is 217 Å². The fourth-order valence-electron chi connectivity index (χ4n) is 3.60. The van der Waals surface area contributed by atoms with Crippen molar-refractivity contribution in [1.82, 2.24) is 16.0 Å². The van der Waals surface area contributed by atoms with Crippen LogP contribution in [0.15, 0.2) is 59.5 Å². The third kappa shape index (κ3) is 9.58. The second-order valence-electron chi connectivity index (χ2n) is 8.66. The Morgan fingerprint density at radius 3 is 2.17 bits per heavy atom. The molecule has 0 saturated carbocycles. The van der Waals surface area contributed by atoms with E-state index in [9.17, 15) is 19.5 Å². The molecule has 35 heavy (non-hydrogen) atoms. The molecule has 2 aromatic rings. The Bertz CT molecular complexity index is 972. The second-order valence-corrected chi connectivity index (χ2v) is 10.1. The van der Waals surface area contributed by atoms with Gasteiger partial charge in [0.1, 0.15) is 12.1 Å². The van der Waals surface area contributed by atoms with Gasteiger partial charge in [-0.2, -0.15) is 11.8 Å². The van der Waals surface area contributed by atoms with Gasteiger partial charge in [-0.1, -0.05) is 62.4 Å². The van der Waals surface area contributed by atoms with Crippen molar-refractivity contribution in [2.45, 2.75) is 56.3 Å². The molecule has 3 atom stereocenters. The molecule has 4 N–H and O–H groups in total. The lowest BCUT2D eigenvalue weighted by Crippen LogP contribution is -2.56. The van der Waals surface area contributed by atoms with E-state index in [1.807, 2.05) is 74.7 Å². The maximum Gasteiger partial charge on any atom is 0.326 e. The van der Waals surface area contributed by atoms with Gasteiger partial charge >= 0.3 is 5.97 Å². The van der Waals surface area contributed by atoms with Gasteiger partial charge in [0, 0.05) is 17.9 Å². The minimum atomic E-state index is -1.09. The molecular weight excluding hydrogens is 482 g/mol. The first-order valence-electron chi connectivity index (χ1n) is 11.6. The van der Waals surface area contributed by atoms with Crippen molar-refractivity contribution in [3.8, 4) is 0 Å². The number of amides is 2. The van der Waals surface area contributed by atoms with Gasteiger partial charge < -0.3 is 21.1 Å². The van der Waals surface area contributed by atoms with E-state index in [4.69, 9.17) is 0 Å². The zero-order valence-corrected chi connectivity index (χ0v) is 22.1. The number of rotatable bonds is 14. The highest BCUT2D eigenvalue weighted by atomic mass is 32.2. The zero-order valence-electron chi connectivity index (χ0n) is 20.4. The molecular formula is C26H35N3O4S2. The van der Waals surface area contributed by atoms with Crippen LogP contribution in [0.3, 0.4) is 0 Å². The van der Waals surface area contributed by atoms with Crippen LogP contribution in [0.1, 0.15) is 31.4 Å². The van der Waals surface area contributed by atoms with E-state index in [2.05, 4.69) is 28.6 Å². The molecule has 0 unspecified atom stereocenters. The molecule has 0 aliphatic heterocycles. The van der Waals surface area contributed by atoms with Gasteiger partial charge in [-0.05, 0) is 41.5 Å². The highest BCUT2D eigenvalue weighted by molar-refractivity contribution is 7.98. The number of aliphatic carboxylic acids is 1. The fraction of sp³-hybridized carbons (Fsp3) is 0.423. The van der Waals surface area contributed by atoms with E-state index in [1.165, 1.54) is 11.8 Å². The lowest BCUT2D eigenvalue weighted by molar-refractivity contribution is -0.142. The van der Waals surface area contributed by atoms with E-state index in [1.54, 1.807) is 0 Å². The normalized spacial score (nSPS) is 13.6. The molecule has 0 aliphatic carbocycles. The van der Waals surface area contributed by atoms with Crippen LogP contribution in [0.4, 0.5) is 0 Å². The van der Waals surface area contributed by atoms with Crippen LogP contribution in [0.5, 0.6) is 0 Å². The monoisotopic (exact) mass is 517 g/mol. The van der Waals surface area contributed by atoms with Crippen LogP contribution in [0.25, 0.3) is 0 Å². The van der Waals surface area contributed by atoms with Gasteiger partial charge in [0.15, 0.2) is 0 Å². The number of benzene rings is 2. The summed E-state index contributed by atoms with van der Waals surface area (Å²) >= 11 is 5.98. The van der Waals surface area contributed by atoms with Gasteiger partial charge in [0.2, 0.25) is 11.8 Å². The largest absolute Gasteiger partial charge is 0.480 e. The van der Waals surface area contributed by atoms with Crippen LogP contribution >= 0.6 is 24.4 Å². The van der Waals surface area contributed by atoms with Crippen LogP contribution < -0.4 is 16.0 Å². The maximum atomic E-state index is 13.3. The molecule has 0 aliphatic rings. The number of carbonyl (C=O) groups is 3. The number of nitrogens with one attached hydrogen (secondary N) is 3. The molecule has 0 heterocycles. The molecule has 0 aromatic heterocycles. The van der Waals surface area contributed by atoms with Crippen LogP contribution in [0, 0.1) is 5.92 Å². The topological polar surface area (TPSA) is 108 Å². The number of carbonyl (C=O) groups excluding carboxylic acids is 2. The Balaban J connectivity index is 2.17. The predicted molar refractivity (Wildman–Crippen MR) is 144 cm³/mol. The van der Waals surface area contributed by atoms with Gasteiger partial charge in [-0.3, -0.25) is 9.59 Å². The van der Waals surface area contributed by atoms with Crippen LogP contribution in [-0.4, -0.2) is 53.0 Å². The van der Waals surface area contributed by atoms with Crippen molar-refractivity contribution in [1.29, 1.82) is 0 Å². The molecule has 0 spiro atoms. The Hall–Kier alpha value is -2.49. The summed E-state index contributed by atoms with van der Waals surface area (Å²) in [6.07, 6.45) is 2.43. The summed E-state index contributed by atoms with van der Waals surface area (Å²) < 4.78 is 0. The molecule has 0 fully saturated rings. The van der Waals surface area contributed by atoms with Crippen molar-refractivity contribution in [2.75, 3.05) is 12.0 Å². The smallest absolute Gasteiger partial charge is 0.326 e. The summed E-state index contributed by atoms with van der Waals surface area (Å²) in [7, 11) is 0. The van der Waals surface area contributed by atoms with E-state index in [0.29, 0.717) is 18.7 Å². The van der Waals surface area contributed by atoms with Crippen molar-refractivity contribution in [2.24, 2.45) is 5.92 Å². The molecule has 9 heteroatoms.